The normalized spacial score (nSPS) is 16.2. The first-order valence-corrected chi connectivity index (χ1v) is 7.62. The van der Waals surface area contributed by atoms with E-state index < -0.39 is 0 Å². The Labute approximate surface area is 131 Å². The maximum atomic E-state index is 10.4. The first-order valence-electron chi connectivity index (χ1n) is 7.24. The molecular weight excluding hydrogens is 282 g/mol. The van der Waals surface area contributed by atoms with E-state index in [0.717, 1.165) is 17.7 Å². The Kier molecular flexibility index (Phi) is 3.68. The van der Waals surface area contributed by atoms with Gasteiger partial charge in [-0.25, -0.2) is 0 Å². The van der Waals surface area contributed by atoms with E-state index in [1.54, 1.807) is 0 Å². The molecule has 0 aromatic heterocycles. The molecule has 110 valence electrons. The summed E-state index contributed by atoms with van der Waals surface area (Å²) >= 11 is 6.03. The topological polar surface area (TPSA) is 23.5 Å². The number of aromatic hydroxyl groups is 1. The Bertz CT molecular complexity index is 662. The number of halogens is 1. The van der Waals surface area contributed by atoms with Crippen molar-refractivity contribution in [2.24, 2.45) is 0 Å². The molecule has 0 amide bonds. The molecule has 1 fully saturated rings. The molecule has 21 heavy (non-hydrogen) atoms. The van der Waals surface area contributed by atoms with E-state index in [2.05, 4.69) is 25.1 Å². The molecule has 1 aliphatic carbocycles. The van der Waals surface area contributed by atoms with Crippen molar-refractivity contribution in [3.05, 3.63) is 53.1 Å². The summed E-state index contributed by atoms with van der Waals surface area (Å²) in [6, 6.07) is 13.7. The van der Waals surface area contributed by atoms with Crippen LogP contribution in [-0.4, -0.2) is 30.6 Å². The van der Waals surface area contributed by atoms with Crippen LogP contribution in [0, 0.1) is 0 Å². The minimum Gasteiger partial charge on any atom is -0.507 e. The zero-order chi connectivity index (χ0) is 15.0. The maximum absolute atomic E-state index is 10.4. The van der Waals surface area contributed by atoms with Crippen LogP contribution in [0.4, 0.5) is 0 Å². The zero-order valence-corrected chi connectivity index (χ0v) is 13.2. The van der Waals surface area contributed by atoms with Crippen molar-refractivity contribution in [1.29, 1.82) is 0 Å². The monoisotopic (exact) mass is 301 g/mol. The molecule has 1 saturated carbocycles. The second-order valence-electron chi connectivity index (χ2n) is 6.26. The number of phenols is 1. The molecule has 0 saturated heterocycles. The largest absolute Gasteiger partial charge is 0.507 e. The standard InChI is InChI=1S/C18H20ClNO/c1-20(2)12-18(8-9-18)14-6-7-16(17(21)11-14)13-4-3-5-15(19)10-13/h3-7,10-11,21H,8-9,12H2,1-2H3. The van der Waals surface area contributed by atoms with Crippen LogP contribution in [0.3, 0.4) is 0 Å². The number of rotatable bonds is 4. The summed E-state index contributed by atoms with van der Waals surface area (Å²) in [5, 5.41) is 11.1. The highest BCUT2D eigenvalue weighted by Gasteiger charge is 2.44. The molecule has 0 heterocycles. The van der Waals surface area contributed by atoms with Crippen LogP contribution in [0.1, 0.15) is 18.4 Å². The molecule has 0 unspecified atom stereocenters. The van der Waals surface area contributed by atoms with Gasteiger partial charge in [0.2, 0.25) is 0 Å². The van der Waals surface area contributed by atoms with Crippen LogP contribution < -0.4 is 0 Å². The highest BCUT2D eigenvalue weighted by Crippen LogP contribution is 2.50. The quantitative estimate of drug-likeness (QED) is 0.910. The summed E-state index contributed by atoms with van der Waals surface area (Å²) in [5.41, 5.74) is 3.25. The SMILES string of the molecule is CN(C)CC1(c2ccc(-c3cccc(Cl)c3)c(O)c2)CC1. The molecule has 2 aromatic rings. The van der Waals surface area contributed by atoms with Gasteiger partial charge in [0, 0.05) is 22.5 Å². The first-order chi connectivity index (χ1) is 10.00. The number of nitrogens with zero attached hydrogens (tertiary/aromatic N) is 1. The van der Waals surface area contributed by atoms with Crippen molar-refractivity contribution >= 4 is 11.6 Å². The van der Waals surface area contributed by atoms with Crippen molar-refractivity contribution in [2.45, 2.75) is 18.3 Å². The van der Waals surface area contributed by atoms with Gasteiger partial charge in [0.25, 0.3) is 0 Å². The maximum Gasteiger partial charge on any atom is 0.123 e. The number of phenolic OH excluding ortho intramolecular Hbond substituents is 1. The van der Waals surface area contributed by atoms with Crippen molar-refractivity contribution in [1.82, 2.24) is 4.90 Å². The van der Waals surface area contributed by atoms with Crippen LogP contribution in [-0.2, 0) is 5.41 Å². The van der Waals surface area contributed by atoms with Crippen LogP contribution >= 0.6 is 11.6 Å². The van der Waals surface area contributed by atoms with Gasteiger partial charge in [-0.2, -0.15) is 0 Å². The van der Waals surface area contributed by atoms with E-state index in [4.69, 9.17) is 11.6 Å². The summed E-state index contributed by atoms with van der Waals surface area (Å²) in [5.74, 6) is 0.333. The van der Waals surface area contributed by atoms with Gasteiger partial charge in [-0.15, -0.1) is 0 Å². The zero-order valence-electron chi connectivity index (χ0n) is 12.4. The summed E-state index contributed by atoms with van der Waals surface area (Å²) in [7, 11) is 4.19. The molecule has 1 N–H and O–H groups in total. The molecule has 0 atom stereocenters. The fraction of sp³-hybridized carbons (Fsp3) is 0.333. The van der Waals surface area contributed by atoms with E-state index in [-0.39, 0.29) is 5.41 Å². The molecular formula is C18H20ClNO. The number of hydrogen-bond acceptors (Lipinski definition) is 2. The van der Waals surface area contributed by atoms with Crippen molar-refractivity contribution in [3.63, 3.8) is 0 Å². The third kappa shape index (κ3) is 2.92. The van der Waals surface area contributed by atoms with Gasteiger partial charge in [0.15, 0.2) is 0 Å². The van der Waals surface area contributed by atoms with E-state index in [0.29, 0.717) is 10.8 Å². The van der Waals surface area contributed by atoms with E-state index in [1.807, 2.05) is 36.4 Å². The Balaban J connectivity index is 1.94. The highest BCUT2D eigenvalue weighted by molar-refractivity contribution is 6.30. The van der Waals surface area contributed by atoms with Gasteiger partial charge in [-0.05, 0) is 56.3 Å². The van der Waals surface area contributed by atoms with Gasteiger partial charge in [-0.3, -0.25) is 0 Å². The Morgan fingerprint density at radius 3 is 2.48 bits per heavy atom. The Morgan fingerprint density at radius 1 is 1.14 bits per heavy atom. The molecule has 0 spiro atoms. The molecule has 0 radical (unpaired) electrons. The molecule has 0 aliphatic heterocycles. The van der Waals surface area contributed by atoms with Crippen molar-refractivity contribution < 1.29 is 5.11 Å². The van der Waals surface area contributed by atoms with Crippen LogP contribution in [0.25, 0.3) is 11.1 Å². The van der Waals surface area contributed by atoms with E-state index in [9.17, 15) is 5.11 Å². The van der Waals surface area contributed by atoms with Gasteiger partial charge in [-0.1, -0.05) is 35.9 Å². The Morgan fingerprint density at radius 2 is 1.90 bits per heavy atom. The van der Waals surface area contributed by atoms with E-state index in [1.165, 1.54) is 18.4 Å². The minimum atomic E-state index is 0.230. The van der Waals surface area contributed by atoms with E-state index >= 15 is 0 Å². The summed E-state index contributed by atoms with van der Waals surface area (Å²) < 4.78 is 0. The summed E-state index contributed by atoms with van der Waals surface area (Å²) in [6.07, 6.45) is 2.39. The van der Waals surface area contributed by atoms with Gasteiger partial charge in [0.05, 0.1) is 0 Å². The third-order valence-corrected chi connectivity index (χ3v) is 4.45. The second kappa shape index (κ2) is 5.36. The number of likely N-dealkylation sites (N-methyl/N-ethyl adjacent to an activating group) is 1. The average molecular weight is 302 g/mol. The molecule has 2 aromatic carbocycles. The molecule has 3 heteroatoms. The molecule has 1 aliphatic rings. The Hall–Kier alpha value is -1.51. The van der Waals surface area contributed by atoms with Crippen LogP contribution in [0.15, 0.2) is 42.5 Å². The fourth-order valence-electron chi connectivity index (χ4n) is 3.06. The lowest BCUT2D eigenvalue weighted by Crippen LogP contribution is -2.25. The van der Waals surface area contributed by atoms with Crippen LogP contribution in [0.2, 0.25) is 5.02 Å². The third-order valence-electron chi connectivity index (χ3n) is 4.22. The predicted octanol–water partition coefficient (Wildman–Crippen LogP) is 4.31. The average Bonchev–Trinajstić information content (AvgIpc) is 3.18. The summed E-state index contributed by atoms with van der Waals surface area (Å²) in [4.78, 5) is 2.22. The lowest BCUT2D eigenvalue weighted by molar-refractivity contribution is 0.362. The van der Waals surface area contributed by atoms with Gasteiger partial charge < -0.3 is 10.0 Å². The highest BCUT2D eigenvalue weighted by atomic mass is 35.5. The number of hydrogen-bond donors (Lipinski definition) is 1. The minimum absolute atomic E-state index is 0.230. The fourth-order valence-corrected chi connectivity index (χ4v) is 3.25. The van der Waals surface area contributed by atoms with Crippen molar-refractivity contribution in [3.8, 4) is 16.9 Å². The first kappa shape index (κ1) is 14.4. The molecule has 0 bridgehead atoms. The lowest BCUT2D eigenvalue weighted by Gasteiger charge is -2.21. The second-order valence-corrected chi connectivity index (χ2v) is 6.70. The van der Waals surface area contributed by atoms with Crippen molar-refractivity contribution in [2.75, 3.05) is 20.6 Å². The van der Waals surface area contributed by atoms with Gasteiger partial charge in [0.1, 0.15) is 5.75 Å². The molecule has 2 nitrogen and oxygen atoms in total. The lowest BCUT2D eigenvalue weighted by atomic mass is 9.92. The predicted molar refractivity (Wildman–Crippen MR) is 88.0 cm³/mol. The molecule has 3 rings (SSSR count). The van der Waals surface area contributed by atoms with Crippen LogP contribution in [0.5, 0.6) is 5.75 Å². The smallest absolute Gasteiger partial charge is 0.123 e. The van der Waals surface area contributed by atoms with Gasteiger partial charge >= 0.3 is 0 Å². The number of benzene rings is 2. The summed E-state index contributed by atoms with van der Waals surface area (Å²) in [6.45, 7) is 1.03.